The van der Waals surface area contributed by atoms with E-state index in [1.165, 1.54) is 0 Å². The maximum Gasteiger partial charge on any atom is 0.251 e. The lowest BCUT2D eigenvalue weighted by Gasteiger charge is -2.15. The van der Waals surface area contributed by atoms with Crippen LogP contribution in [0.3, 0.4) is 0 Å². The molecular formula is C19H19ClN2O2. The van der Waals surface area contributed by atoms with Crippen LogP contribution in [-0.2, 0) is 4.79 Å². The summed E-state index contributed by atoms with van der Waals surface area (Å²) >= 11 is 5.98. The van der Waals surface area contributed by atoms with Gasteiger partial charge in [0.05, 0.1) is 6.04 Å². The molecule has 0 aliphatic heterocycles. The normalized spacial score (nSPS) is 14.8. The lowest BCUT2D eigenvalue weighted by Crippen LogP contribution is -2.26. The monoisotopic (exact) mass is 342 g/mol. The molecule has 4 nitrogen and oxygen atoms in total. The molecule has 0 aromatic heterocycles. The SMILES string of the molecule is C[C@H](NC(=O)c1ccc(NC(=O)C2CC2)cc1)c1cccc(Cl)c1. The third-order valence-electron chi connectivity index (χ3n) is 4.06. The second kappa shape index (κ2) is 7.05. The number of anilines is 1. The molecule has 0 heterocycles. The van der Waals surface area contributed by atoms with Crippen LogP contribution in [0.15, 0.2) is 48.5 Å². The fourth-order valence-electron chi connectivity index (χ4n) is 2.43. The Hall–Kier alpha value is -2.33. The highest BCUT2D eigenvalue weighted by molar-refractivity contribution is 6.30. The number of benzene rings is 2. The summed E-state index contributed by atoms with van der Waals surface area (Å²) in [6.07, 6.45) is 1.93. The average molecular weight is 343 g/mol. The summed E-state index contributed by atoms with van der Waals surface area (Å²) < 4.78 is 0. The molecule has 2 aromatic rings. The maximum absolute atomic E-state index is 12.3. The van der Waals surface area contributed by atoms with Crippen molar-refractivity contribution >= 4 is 29.1 Å². The summed E-state index contributed by atoms with van der Waals surface area (Å²) in [5.41, 5.74) is 2.21. The molecule has 2 aromatic carbocycles. The van der Waals surface area contributed by atoms with Gasteiger partial charge in [0.25, 0.3) is 5.91 Å². The summed E-state index contributed by atoms with van der Waals surface area (Å²) in [7, 11) is 0. The highest BCUT2D eigenvalue weighted by Crippen LogP contribution is 2.30. The van der Waals surface area contributed by atoms with E-state index in [1.807, 2.05) is 25.1 Å². The molecule has 2 amide bonds. The highest BCUT2D eigenvalue weighted by atomic mass is 35.5. The van der Waals surface area contributed by atoms with Crippen molar-refractivity contribution in [2.45, 2.75) is 25.8 Å². The van der Waals surface area contributed by atoms with Gasteiger partial charge in [-0.05, 0) is 61.7 Å². The molecule has 3 rings (SSSR count). The second-order valence-corrected chi connectivity index (χ2v) is 6.53. The van der Waals surface area contributed by atoms with Gasteiger partial charge in [0.2, 0.25) is 5.91 Å². The molecule has 0 spiro atoms. The molecule has 0 radical (unpaired) electrons. The number of amides is 2. The van der Waals surface area contributed by atoms with Crippen LogP contribution >= 0.6 is 11.6 Å². The Morgan fingerprint density at radius 3 is 2.46 bits per heavy atom. The summed E-state index contributed by atoms with van der Waals surface area (Å²) in [5.74, 6) is 0.0517. The minimum atomic E-state index is -0.164. The summed E-state index contributed by atoms with van der Waals surface area (Å²) in [6, 6.07) is 14.2. The van der Waals surface area contributed by atoms with Gasteiger partial charge in [-0.2, -0.15) is 0 Å². The van der Waals surface area contributed by atoms with Gasteiger partial charge in [0, 0.05) is 22.2 Å². The van der Waals surface area contributed by atoms with Crippen molar-refractivity contribution in [3.05, 3.63) is 64.7 Å². The summed E-state index contributed by atoms with van der Waals surface area (Å²) in [6.45, 7) is 1.91. The van der Waals surface area contributed by atoms with Crippen LogP contribution in [0.1, 0.15) is 41.7 Å². The van der Waals surface area contributed by atoms with Crippen molar-refractivity contribution in [3.8, 4) is 0 Å². The van der Waals surface area contributed by atoms with Crippen LogP contribution < -0.4 is 10.6 Å². The van der Waals surface area contributed by atoms with Crippen molar-refractivity contribution in [2.75, 3.05) is 5.32 Å². The van der Waals surface area contributed by atoms with E-state index in [-0.39, 0.29) is 23.8 Å². The van der Waals surface area contributed by atoms with Crippen molar-refractivity contribution in [1.29, 1.82) is 0 Å². The van der Waals surface area contributed by atoms with Gasteiger partial charge in [0.1, 0.15) is 0 Å². The van der Waals surface area contributed by atoms with Crippen LogP contribution in [0.5, 0.6) is 0 Å². The summed E-state index contributed by atoms with van der Waals surface area (Å²) in [5, 5.41) is 6.44. The number of rotatable bonds is 5. The van der Waals surface area contributed by atoms with Gasteiger partial charge < -0.3 is 10.6 Å². The van der Waals surface area contributed by atoms with E-state index in [0.29, 0.717) is 16.3 Å². The van der Waals surface area contributed by atoms with Gasteiger partial charge in [-0.3, -0.25) is 9.59 Å². The van der Waals surface area contributed by atoms with E-state index >= 15 is 0 Å². The number of nitrogens with one attached hydrogen (secondary N) is 2. The lowest BCUT2D eigenvalue weighted by atomic mass is 10.1. The quantitative estimate of drug-likeness (QED) is 0.856. The fraction of sp³-hybridized carbons (Fsp3) is 0.263. The Morgan fingerprint density at radius 2 is 1.83 bits per heavy atom. The number of carbonyl (C=O) groups is 2. The first-order valence-corrected chi connectivity index (χ1v) is 8.38. The van der Waals surface area contributed by atoms with E-state index in [0.717, 1.165) is 18.4 Å². The van der Waals surface area contributed by atoms with Gasteiger partial charge in [-0.15, -0.1) is 0 Å². The second-order valence-electron chi connectivity index (χ2n) is 6.09. The Labute approximate surface area is 146 Å². The average Bonchev–Trinajstić information content (AvgIpc) is 3.40. The number of hydrogen-bond donors (Lipinski definition) is 2. The first-order valence-electron chi connectivity index (χ1n) is 8.00. The molecule has 0 bridgehead atoms. The van der Waals surface area contributed by atoms with Gasteiger partial charge in [-0.1, -0.05) is 23.7 Å². The number of halogens is 1. The topological polar surface area (TPSA) is 58.2 Å². The zero-order chi connectivity index (χ0) is 17.1. The molecule has 0 saturated heterocycles. The van der Waals surface area contributed by atoms with Gasteiger partial charge in [-0.25, -0.2) is 0 Å². The van der Waals surface area contributed by atoms with E-state index in [4.69, 9.17) is 11.6 Å². The molecule has 1 fully saturated rings. The molecule has 1 saturated carbocycles. The third kappa shape index (κ3) is 4.15. The van der Waals surface area contributed by atoms with Crippen LogP contribution in [0.2, 0.25) is 5.02 Å². The van der Waals surface area contributed by atoms with Crippen LogP contribution in [-0.4, -0.2) is 11.8 Å². The fourth-order valence-corrected chi connectivity index (χ4v) is 2.63. The number of carbonyl (C=O) groups excluding carboxylic acids is 2. The molecule has 2 N–H and O–H groups in total. The molecule has 1 aliphatic rings. The van der Waals surface area contributed by atoms with Gasteiger partial charge >= 0.3 is 0 Å². The van der Waals surface area contributed by atoms with Gasteiger partial charge in [0.15, 0.2) is 0 Å². The van der Waals surface area contributed by atoms with E-state index in [9.17, 15) is 9.59 Å². The van der Waals surface area contributed by atoms with Crippen molar-refractivity contribution in [1.82, 2.24) is 5.32 Å². The predicted octanol–water partition coefficient (Wildman–Crippen LogP) is 4.18. The predicted molar refractivity (Wildman–Crippen MR) is 95.1 cm³/mol. The standard InChI is InChI=1S/C19H19ClN2O2/c1-12(15-3-2-4-16(20)11-15)21-18(23)14-7-9-17(10-8-14)22-19(24)13-5-6-13/h2-4,7-13H,5-6H2,1H3,(H,21,23)(H,22,24)/t12-/m0/s1. The molecule has 1 aliphatic carbocycles. The first kappa shape index (κ1) is 16.5. The molecule has 1 atom stereocenters. The molecule has 124 valence electrons. The Balaban J connectivity index is 1.61. The minimum Gasteiger partial charge on any atom is -0.346 e. The van der Waals surface area contributed by atoms with E-state index in [1.54, 1.807) is 30.3 Å². The number of hydrogen-bond acceptors (Lipinski definition) is 2. The largest absolute Gasteiger partial charge is 0.346 e. The highest BCUT2D eigenvalue weighted by Gasteiger charge is 2.29. The Morgan fingerprint density at radius 1 is 1.12 bits per heavy atom. The molecule has 5 heteroatoms. The molecule has 0 unspecified atom stereocenters. The van der Waals surface area contributed by atoms with Crippen molar-refractivity contribution in [2.24, 2.45) is 5.92 Å². The van der Waals surface area contributed by atoms with Crippen molar-refractivity contribution < 1.29 is 9.59 Å². The third-order valence-corrected chi connectivity index (χ3v) is 4.29. The van der Waals surface area contributed by atoms with Crippen LogP contribution in [0.25, 0.3) is 0 Å². The minimum absolute atomic E-state index is 0.0572. The van der Waals surface area contributed by atoms with E-state index in [2.05, 4.69) is 10.6 Å². The Kier molecular flexibility index (Phi) is 4.86. The molecular weight excluding hydrogens is 324 g/mol. The van der Waals surface area contributed by atoms with Crippen LogP contribution in [0.4, 0.5) is 5.69 Å². The van der Waals surface area contributed by atoms with Crippen molar-refractivity contribution in [3.63, 3.8) is 0 Å². The zero-order valence-corrected chi connectivity index (χ0v) is 14.1. The first-order chi connectivity index (χ1) is 11.5. The smallest absolute Gasteiger partial charge is 0.251 e. The lowest BCUT2D eigenvalue weighted by molar-refractivity contribution is -0.117. The maximum atomic E-state index is 12.3. The van der Waals surface area contributed by atoms with E-state index < -0.39 is 0 Å². The zero-order valence-electron chi connectivity index (χ0n) is 13.4. The Bertz CT molecular complexity index is 754. The molecule has 24 heavy (non-hydrogen) atoms. The summed E-state index contributed by atoms with van der Waals surface area (Å²) in [4.78, 5) is 24.1. The van der Waals surface area contributed by atoms with Crippen LogP contribution in [0, 0.1) is 5.92 Å².